The van der Waals surface area contributed by atoms with Gasteiger partial charge in [-0.15, -0.1) is 0 Å². The number of ketones is 2. The molecule has 0 saturated carbocycles. The lowest BCUT2D eigenvalue weighted by Crippen LogP contribution is -2.20. The van der Waals surface area contributed by atoms with Gasteiger partial charge in [-0.2, -0.15) is 0 Å². The third-order valence-electron chi connectivity index (χ3n) is 3.13. The predicted octanol–water partition coefficient (Wildman–Crippen LogP) is 3.20. The molecule has 0 amide bonds. The first-order valence-electron chi connectivity index (χ1n) is 5.54. The maximum atomic E-state index is 12.1. The van der Waals surface area contributed by atoms with Gasteiger partial charge in [0.2, 0.25) is 0 Å². The molecule has 0 fully saturated rings. The third-order valence-corrected chi connectivity index (χ3v) is 3.13. The molecule has 3 N–H and O–H groups in total. The lowest BCUT2D eigenvalue weighted by Gasteiger charge is -2.18. The van der Waals surface area contributed by atoms with Gasteiger partial charge in [-0.05, 0) is 18.4 Å². The van der Waals surface area contributed by atoms with Gasteiger partial charge in [0, 0.05) is 16.7 Å². The smallest absolute Gasteiger partial charge is 0.190 e. The van der Waals surface area contributed by atoms with E-state index in [2.05, 4.69) is 0 Å². The van der Waals surface area contributed by atoms with Crippen molar-refractivity contribution in [3.63, 3.8) is 0 Å². The Morgan fingerprint density at radius 3 is 2.29 bits per heavy atom. The SMILES string of the molecule is CCC(C)C1=CC(=O)c2ccccc2C1=O.N. The normalized spacial score (nSPS) is 15.8. The second-order valence-electron chi connectivity index (χ2n) is 4.15. The molecule has 0 saturated heterocycles. The molecule has 2 rings (SSSR count). The molecule has 0 spiro atoms. The van der Waals surface area contributed by atoms with Gasteiger partial charge in [0.15, 0.2) is 11.6 Å². The van der Waals surface area contributed by atoms with E-state index >= 15 is 0 Å². The number of carbonyl (C=O) groups is 2. The molecule has 1 aliphatic carbocycles. The summed E-state index contributed by atoms with van der Waals surface area (Å²) in [6, 6.07) is 7.01. The lowest BCUT2D eigenvalue weighted by atomic mass is 9.83. The van der Waals surface area contributed by atoms with Crippen molar-refractivity contribution in [3.8, 4) is 0 Å². The zero-order valence-electron chi connectivity index (χ0n) is 10.2. The Labute approximate surface area is 101 Å². The highest BCUT2D eigenvalue weighted by Crippen LogP contribution is 2.26. The molecule has 0 heterocycles. The predicted molar refractivity (Wildman–Crippen MR) is 67.7 cm³/mol. The topological polar surface area (TPSA) is 69.1 Å². The molecular weight excluding hydrogens is 214 g/mol. The van der Waals surface area contributed by atoms with Crippen LogP contribution in [0.4, 0.5) is 0 Å². The average Bonchev–Trinajstić information content (AvgIpc) is 2.33. The molecule has 0 aromatic heterocycles. The van der Waals surface area contributed by atoms with Gasteiger partial charge < -0.3 is 6.15 Å². The minimum Gasteiger partial charge on any atom is -0.344 e. The van der Waals surface area contributed by atoms with Gasteiger partial charge in [-0.3, -0.25) is 9.59 Å². The molecule has 17 heavy (non-hydrogen) atoms. The maximum absolute atomic E-state index is 12.1. The molecular formula is C14H17NO2. The zero-order chi connectivity index (χ0) is 11.7. The minimum absolute atomic E-state index is 0. The van der Waals surface area contributed by atoms with Crippen LogP contribution in [0.3, 0.4) is 0 Å². The van der Waals surface area contributed by atoms with Crippen molar-refractivity contribution in [1.82, 2.24) is 6.15 Å². The van der Waals surface area contributed by atoms with E-state index in [4.69, 9.17) is 0 Å². The summed E-state index contributed by atoms with van der Waals surface area (Å²) in [4.78, 5) is 24.0. The van der Waals surface area contributed by atoms with Crippen LogP contribution in [0.25, 0.3) is 0 Å². The van der Waals surface area contributed by atoms with Crippen molar-refractivity contribution >= 4 is 11.6 Å². The van der Waals surface area contributed by atoms with Gasteiger partial charge >= 0.3 is 0 Å². The van der Waals surface area contributed by atoms with Gasteiger partial charge in [0.05, 0.1) is 0 Å². The quantitative estimate of drug-likeness (QED) is 0.849. The van der Waals surface area contributed by atoms with Crippen LogP contribution in [0.1, 0.15) is 41.0 Å². The molecule has 1 unspecified atom stereocenters. The van der Waals surface area contributed by atoms with Crippen LogP contribution in [0.5, 0.6) is 0 Å². The number of allylic oxidation sites excluding steroid dienone is 2. The van der Waals surface area contributed by atoms with Crippen LogP contribution >= 0.6 is 0 Å². The Hall–Kier alpha value is -1.74. The summed E-state index contributed by atoms with van der Waals surface area (Å²) in [7, 11) is 0. The molecule has 3 heteroatoms. The Morgan fingerprint density at radius 1 is 1.12 bits per heavy atom. The molecule has 1 aliphatic rings. The van der Waals surface area contributed by atoms with E-state index in [0.717, 1.165) is 6.42 Å². The second kappa shape index (κ2) is 5.06. The summed E-state index contributed by atoms with van der Waals surface area (Å²) in [5, 5.41) is 0. The minimum atomic E-state index is -0.0505. The number of hydrogen-bond acceptors (Lipinski definition) is 3. The van der Waals surface area contributed by atoms with Crippen LogP contribution in [-0.4, -0.2) is 11.6 Å². The molecule has 1 aromatic rings. The first-order chi connectivity index (χ1) is 7.65. The summed E-state index contributed by atoms with van der Waals surface area (Å²) in [5.41, 5.74) is 1.72. The van der Waals surface area contributed by atoms with Crippen molar-refractivity contribution in [2.24, 2.45) is 5.92 Å². The molecule has 1 atom stereocenters. The summed E-state index contributed by atoms with van der Waals surface area (Å²) >= 11 is 0. The van der Waals surface area contributed by atoms with Gasteiger partial charge in [-0.25, -0.2) is 0 Å². The summed E-state index contributed by atoms with van der Waals surface area (Å²) < 4.78 is 0. The van der Waals surface area contributed by atoms with Gasteiger partial charge in [-0.1, -0.05) is 38.1 Å². The summed E-state index contributed by atoms with van der Waals surface area (Å²) in [6.45, 7) is 3.99. The molecule has 90 valence electrons. The van der Waals surface area contributed by atoms with Crippen LogP contribution in [-0.2, 0) is 0 Å². The van der Waals surface area contributed by atoms with E-state index in [1.807, 2.05) is 13.8 Å². The first kappa shape index (κ1) is 13.3. The number of rotatable bonds is 2. The van der Waals surface area contributed by atoms with E-state index in [9.17, 15) is 9.59 Å². The monoisotopic (exact) mass is 231 g/mol. The van der Waals surface area contributed by atoms with Crippen molar-refractivity contribution in [1.29, 1.82) is 0 Å². The van der Waals surface area contributed by atoms with Gasteiger partial charge in [0.25, 0.3) is 0 Å². The molecule has 0 radical (unpaired) electrons. The van der Waals surface area contributed by atoms with Crippen molar-refractivity contribution in [2.75, 3.05) is 0 Å². The van der Waals surface area contributed by atoms with E-state index < -0.39 is 0 Å². The van der Waals surface area contributed by atoms with Gasteiger partial charge in [0.1, 0.15) is 0 Å². The van der Waals surface area contributed by atoms with Crippen LogP contribution in [0, 0.1) is 5.92 Å². The summed E-state index contributed by atoms with van der Waals surface area (Å²) in [6.07, 6.45) is 2.37. The lowest BCUT2D eigenvalue weighted by molar-refractivity contribution is 0.0975. The largest absolute Gasteiger partial charge is 0.344 e. The van der Waals surface area contributed by atoms with Crippen molar-refractivity contribution in [3.05, 3.63) is 47.0 Å². The highest BCUT2D eigenvalue weighted by molar-refractivity contribution is 6.24. The fraction of sp³-hybridized carbons (Fsp3) is 0.286. The van der Waals surface area contributed by atoms with E-state index in [-0.39, 0.29) is 23.6 Å². The van der Waals surface area contributed by atoms with Crippen molar-refractivity contribution in [2.45, 2.75) is 20.3 Å². The Kier molecular flexibility index (Phi) is 3.97. The van der Waals surface area contributed by atoms with Crippen LogP contribution < -0.4 is 6.15 Å². The molecule has 0 bridgehead atoms. The Morgan fingerprint density at radius 2 is 1.71 bits per heavy atom. The molecule has 3 nitrogen and oxygen atoms in total. The number of benzene rings is 1. The third kappa shape index (κ3) is 2.19. The van der Waals surface area contributed by atoms with Crippen LogP contribution in [0.2, 0.25) is 0 Å². The number of hydrogen-bond donors (Lipinski definition) is 1. The highest BCUT2D eigenvalue weighted by atomic mass is 16.1. The standard InChI is InChI=1S/C14H14O2.H3N/c1-3-9(2)12-8-13(15)10-6-4-5-7-11(10)14(12)16;/h4-9H,3H2,1-2H3;1H3. The second-order valence-corrected chi connectivity index (χ2v) is 4.15. The first-order valence-corrected chi connectivity index (χ1v) is 5.54. The highest BCUT2D eigenvalue weighted by Gasteiger charge is 2.27. The average molecular weight is 231 g/mol. The molecule has 0 aliphatic heterocycles. The summed E-state index contributed by atoms with van der Waals surface area (Å²) in [5.74, 6) is 0.0971. The number of Topliss-reactive ketones (excluding diaryl/α,β-unsaturated/α-hetero) is 1. The van der Waals surface area contributed by atoms with E-state index in [1.165, 1.54) is 6.08 Å². The Bertz CT molecular complexity index is 489. The fourth-order valence-corrected chi connectivity index (χ4v) is 1.92. The fourth-order valence-electron chi connectivity index (χ4n) is 1.92. The maximum Gasteiger partial charge on any atom is 0.190 e. The molecule has 1 aromatic carbocycles. The zero-order valence-corrected chi connectivity index (χ0v) is 10.2. The van der Waals surface area contributed by atoms with E-state index in [0.29, 0.717) is 16.7 Å². The van der Waals surface area contributed by atoms with E-state index in [1.54, 1.807) is 24.3 Å². The van der Waals surface area contributed by atoms with Crippen molar-refractivity contribution < 1.29 is 9.59 Å². The van der Waals surface area contributed by atoms with Crippen LogP contribution in [0.15, 0.2) is 35.9 Å². The number of carbonyl (C=O) groups excluding carboxylic acids is 2. The Balaban J connectivity index is 0.00000144. The number of fused-ring (bicyclic) bond motifs is 1.